The summed E-state index contributed by atoms with van der Waals surface area (Å²) in [5.74, 6) is 0. The first-order valence-electron chi connectivity index (χ1n) is 4.48. The zero-order chi connectivity index (χ0) is 9.97. The van der Waals surface area contributed by atoms with Crippen molar-refractivity contribution in [1.82, 2.24) is 9.55 Å². The highest BCUT2D eigenvalue weighted by molar-refractivity contribution is 5.80. The lowest BCUT2D eigenvalue weighted by Crippen LogP contribution is -1.99. The highest BCUT2D eigenvalue weighted by Crippen LogP contribution is 2.18. The summed E-state index contributed by atoms with van der Waals surface area (Å²) in [6, 6.07) is 3.94. The van der Waals surface area contributed by atoms with E-state index in [0.717, 1.165) is 16.6 Å². The summed E-state index contributed by atoms with van der Waals surface area (Å²) in [5.41, 5.74) is 7.67. The Kier molecular flexibility index (Phi) is 2.47. The Balaban J connectivity index is 2.61. The molecule has 2 N–H and O–H groups in total. The van der Waals surface area contributed by atoms with Crippen LogP contribution in [0.4, 0.5) is 0 Å². The van der Waals surface area contributed by atoms with E-state index in [1.165, 1.54) is 0 Å². The molecule has 0 atom stereocenters. The molecular formula is C10H13N3O. The third kappa shape index (κ3) is 1.38. The Hall–Kier alpha value is -1.39. The van der Waals surface area contributed by atoms with Crippen LogP contribution in [0.5, 0.6) is 0 Å². The molecule has 0 bridgehead atoms. The fraction of sp³-hybridized carbons (Fsp3) is 0.300. The normalized spacial score (nSPS) is 11.0. The second-order valence-corrected chi connectivity index (χ2v) is 3.12. The smallest absolute Gasteiger partial charge is 0.142 e. The van der Waals surface area contributed by atoms with Gasteiger partial charge in [0.25, 0.3) is 0 Å². The molecule has 74 valence electrons. The van der Waals surface area contributed by atoms with Crippen molar-refractivity contribution >= 4 is 11.0 Å². The maximum atomic E-state index is 5.64. The van der Waals surface area contributed by atoms with Crippen molar-refractivity contribution in [3.63, 3.8) is 0 Å². The molecule has 2 rings (SSSR count). The number of ether oxygens (including phenoxy) is 1. The number of rotatable bonds is 3. The quantitative estimate of drug-likeness (QED) is 0.790. The van der Waals surface area contributed by atoms with Crippen LogP contribution in [0.2, 0.25) is 0 Å². The summed E-state index contributed by atoms with van der Waals surface area (Å²) < 4.78 is 7.03. The average molecular weight is 191 g/mol. The van der Waals surface area contributed by atoms with Crippen LogP contribution < -0.4 is 5.73 Å². The summed E-state index contributed by atoms with van der Waals surface area (Å²) in [6.45, 7) is 1.03. The molecule has 0 amide bonds. The number of hydrogen-bond donors (Lipinski definition) is 1. The molecule has 0 aliphatic carbocycles. The Morgan fingerprint density at radius 3 is 3.14 bits per heavy atom. The van der Waals surface area contributed by atoms with E-state index >= 15 is 0 Å². The lowest BCUT2D eigenvalue weighted by Gasteiger charge is -2.00. The van der Waals surface area contributed by atoms with Crippen LogP contribution >= 0.6 is 0 Å². The lowest BCUT2D eigenvalue weighted by atomic mass is 10.2. The summed E-state index contributed by atoms with van der Waals surface area (Å²) in [4.78, 5) is 4.30. The first-order valence-corrected chi connectivity index (χ1v) is 4.48. The molecular weight excluding hydrogens is 178 g/mol. The number of methoxy groups -OCH3 is 1. The monoisotopic (exact) mass is 191 g/mol. The van der Waals surface area contributed by atoms with Crippen molar-refractivity contribution in [1.29, 1.82) is 0 Å². The summed E-state index contributed by atoms with van der Waals surface area (Å²) >= 11 is 0. The number of nitrogens with two attached hydrogens (primary N) is 1. The maximum Gasteiger partial charge on any atom is 0.142 e. The maximum absolute atomic E-state index is 5.64. The minimum atomic E-state index is 0.507. The Labute approximate surface area is 82.3 Å². The van der Waals surface area contributed by atoms with Gasteiger partial charge in [0, 0.05) is 31.4 Å². The fourth-order valence-corrected chi connectivity index (χ4v) is 1.60. The van der Waals surface area contributed by atoms with E-state index in [-0.39, 0.29) is 0 Å². The van der Waals surface area contributed by atoms with E-state index in [1.54, 1.807) is 13.3 Å². The van der Waals surface area contributed by atoms with E-state index in [4.69, 9.17) is 10.5 Å². The van der Waals surface area contributed by atoms with E-state index in [2.05, 4.69) is 4.98 Å². The minimum absolute atomic E-state index is 0.507. The summed E-state index contributed by atoms with van der Waals surface area (Å²) in [6.07, 6.45) is 3.76. The zero-order valence-electron chi connectivity index (χ0n) is 8.10. The Morgan fingerprint density at radius 1 is 1.57 bits per heavy atom. The van der Waals surface area contributed by atoms with Crippen LogP contribution in [0.1, 0.15) is 5.56 Å². The lowest BCUT2D eigenvalue weighted by molar-refractivity contribution is 0.134. The van der Waals surface area contributed by atoms with Gasteiger partial charge < -0.3 is 15.0 Å². The first-order chi connectivity index (χ1) is 6.86. The van der Waals surface area contributed by atoms with Crippen molar-refractivity contribution in [3.8, 4) is 0 Å². The molecule has 0 saturated carbocycles. The van der Waals surface area contributed by atoms with E-state index in [9.17, 15) is 0 Å². The number of hydrogen-bond acceptors (Lipinski definition) is 3. The standard InChI is InChI=1S/C10H13N3O/c1-14-7-13-6-8(5-11)9-3-2-4-12-10(9)13/h2-4,6H,5,7,11H2,1H3. The van der Waals surface area contributed by atoms with E-state index in [1.807, 2.05) is 22.9 Å². The Bertz CT molecular complexity index is 436. The summed E-state index contributed by atoms with van der Waals surface area (Å²) in [7, 11) is 1.66. The SMILES string of the molecule is COCn1cc(CN)c2cccnc21. The van der Waals surface area contributed by atoms with Gasteiger partial charge >= 0.3 is 0 Å². The molecule has 0 saturated heterocycles. The minimum Gasteiger partial charge on any atom is -0.364 e. The fourth-order valence-electron chi connectivity index (χ4n) is 1.60. The molecule has 4 heteroatoms. The van der Waals surface area contributed by atoms with Crippen LogP contribution in [0.3, 0.4) is 0 Å². The predicted molar refractivity (Wildman–Crippen MR) is 54.6 cm³/mol. The van der Waals surface area contributed by atoms with Crippen molar-refractivity contribution in [2.45, 2.75) is 13.3 Å². The average Bonchev–Trinajstić information content (AvgIpc) is 2.58. The molecule has 0 radical (unpaired) electrons. The van der Waals surface area contributed by atoms with Gasteiger partial charge in [-0.2, -0.15) is 0 Å². The van der Waals surface area contributed by atoms with Crippen LogP contribution in [0.15, 0.2) is 24.5 Å². The van der Waals surface area contributed by atoms with Gasteiger partial charge in [-0.25, -0.2) is 4.98 Å². The van der Waals surface area contributed by atoms with Gasteiger partial charge in [-0.05, 0) is 17.7 Å². The third-order valence-corrected chi connectivity index (χ3v) is 2.20. The molecule has 0 aromatic carbocycles. The van der Waals surface area contributed by atoms with Gasteiger partial charge in [0.05, 0.1) is 0 Å². The van der Waals surface area contributed by atoms with E-state index in [0.29, 0.717) is 13.3 Å². The highest BCUT2D eigenvalue weighted by atomic mass is 16.5. The highest BCUT2D eigenvalue weighted by Gasteiger charge is 2.06. The van der Waals surface area contributed by atoms with Gasteiger partial charge in [0.15, 0.2) is 0 Å². The number of pyridine rings is 1. The van der Waals surface area contributed by atoms with Crippen molar-refractivity contribution in [3.05, 3.63) is 30.1 Å². The molecule has 0 unspecified atom stereocenters. The largest absolute Gasteiger partial charge is 0.364 e. The molecule has 2 heterocycles. The second kappa shape index (κ2) is 3.77. The van der Waals surface area contributed by atoms with Gasteiger partial charge in [-0.15, -0.1) is 0 Å². The number of fused-ring (bicyclic) bond motifs is 1. The molecule has 2 aromatic heterocycles. The van der Waals surface area contributed by atoms with Crippen molar-refractivity contribution in [2.24, 2.45) is 5.73 Å². The zero-order valence-corrected chi connectivity index (χ0v) is 8.10. The molecule has 14 heavy (non-hydrogen) atoms. The van der Waals surface area contributed by atoms with Crippen LogP contribution in [0, 0.1) is 0 Å². The molecule has 0 aliphatic rings. The van der Waals surface area contributed by atoms with Crippen molar-refractivity contribution < 1.29 is 4.74 Å². The van der Waals surface area contributed by atoms with Crippen LogP contribution in [0.25, 0.3) is 11.0 Å². The predicted octanol–water partition coefficient (Wildman–Crippen LogP) is 1.10. The second-order valence-electron chi connectivity index (χ2n) is 3.12. The summed E-state index contributed by atoms with van der Waals surface area (Å²) in [5, 5.41) is 1.10. The Morgan fingerprint density at radius 2 is 2.43 bits per heavy atom. The van der Waals surface area contributed by atoms with Gasteiger partial charge in [0.2, 0.25) is 0 Å². The molecule has 0 spiro atoms. The molecule has 2 aromatic rings. The molecule has 0 aliphatic heterocycles. The first kappa shape index (κ1) is 9.18. The molecule has 4 nitrogen and oxygen atoms in total. The topological polar surface area (TPSA) is 53.1 Å². The van der Waals surface area contributed by atoms with Gasteiger partial charge in [0.1, 0.15) is 12.4 Å². The third-order valence-electron chi connectivity index (χ3n) is 2.20. The molecule has 0 fully saturated rings. The van der Waals surface area contributed by atoms with Crippen LogP contribution in [-0.4, -0.2) is 16.7 Å². The van der Waals surface area contributed by atoms with Crippen LogP contribution in [-0.2, 0) is 18.0 Å². The number of nitrogens with zero attached hydrogens (tertiary/aromatic N) is 2. The van der Waals surface area contributed by atoms with E-state index < -0.39 is 0 Å². The van der Waals surface area contributed by atoms with Gasteiger partial charge in [-0.1, -0.05) is 0 Å². The number of aromatic nitrogens is 2. The van der Waals surface area contributed by atoms with Gasteiger partial charge in [-0.3, -0.25) is 0 Å². The van der Waals surface area contributed by atoms with Crippen molar-refractivity contribution in [2.75, 3.05) is 7.11 Å².